The van der Waals surface area contributed by atoms with E-state index in [-0.39, 0.29) is 0 Å². The van der Waals surface area contributed by atoms with Crippen LogP contribution >= 0.6 is 11.6 Å². The van der Waals surface area contributed by atoms with Gasteiger partial charge in [-0.2, -0.15) is 0 Å². The minimum absolute atomic E-state index is 0.684. The number of fused-ring (bicyclic) bond motifs is 2. The monoisotopic (exact) mass is 257 g/mol. The molecule has 4 aromatic heterocycles. The Kier molecular flexibility index (Phi) is 1.82. The zero-order chi connectivity index (χ0) is 12.1. The highest BCUT2D eigenvalue weighted by atomic mass is 35.5. The van der Waals surface area contributed by atoms with Crippen molar-refractivity contribution < 1.29 is 0 Å². The number of imidazole rings is 2. The van der Waals surface area contributed by atoms with Crippen LogP contribution in [-0.2, 0) is 0 Å². The summed E-state index contributed by atoms with van der Waals surface area (Å²) < 4.78 is 3.75. The van der Waals surface area contributed by atoms with Gasteiger partial charge in [-0.05, 0) is 12.1 Å². The topological polar surface area (TPSA) is 50.4 Å². The third-order valence-corrected chi connectivity index (χ3v) is 3.08. The van der Waals surface area contributed by atoms with Crippen LogP contribution in [0, 0.1) is 0 Å². The molecule has 4 rings (SSSR count). The SMILES string of the molecule is Clc1ccc2nc(-c3cn4[nH]ccc4n3)cn2c1. The Morgan fingerprint density at radius 3 is 2.67 bits per heavy atom. The Balaban J connectivity index is 1.93. The molecule has 0 radical (unpaired) electrons. The number of rotatable bonds is 1. The molecule has 5 nitrogen and oxygen atoms in total. The summed E-state index contributed by atoms with van der Waals surface area (Å²) in [7, 11) is 0. The van der Waals surface area contributed by atoms with Crippen molar-refractivity contribution in [2.75, 3.05) is 0 Å². The summed E-state index contributed by atoms with van der Waals surface area (Å²) in [4.78, 5) is 9.00. The highest BCUT2D eigenvalue weighted by Gasteiger charge is 2.09. The lowest BCUT2D eigenvalue weighted by atomic mass is 10.4. The predicted octanol–water partition coefficient (Wildman–Crippen LogP) is 2.63. The van der Waals surface area contributed by atoms with E-state index >= 15 is 0 Å². The highest BCUT2D eigenvalue weighted by molar-refractivity contribution is 6.30. The van der Waals surface area contributed by atoms with Crippen molar-refractivity contribution in [1.82, 2.24) is 24.0 Å². The van der Waals surface area contributed by atoms with Crippen LogP contribution in [0.3, 0.4) is 0 Å². The van der Waals surface area contributed by atoms with Gasteiger partial charge in [0.05, 0.1) is 11.2 Å². The molecule has 88 valence electrons. The lowest BCUT2D eigenvalue weighted by molar-refractivity contribution is 0.974. The van der Waals surface area contributed by atoms with Gasteiger partial charge in [-0.3, -0.25) is 0 Å². The van der Waals surface area contributed by atoms with Crippen LogP contribution in [0.5, 0.6) is 0 Å². The minimum Gasteiger partial charge on any atom is -0.305 e. The zero-order valence-electron chi connectivity index (χ0n) is 9.21. The van der Waals surface area contributed by atoms with Crippen molar-refractivity contribution in [2.24, 2.45) is 0 Å². The van der Waals surface area contributed by atoms with Crippen LogP contribution in [0.1, 0.15) is 0 Å². The van der Waals surface area contributed by atoms with Gasteiger partial charge in [-0.15, -0.1) is 0 Å². The summed E-state index contributed by atoms with van der Waals surface area (Å²) in [6.07, 6.45) is 7.51. The quantitative estimate of drug-likeness (QED) is 0.570. The normalized spacial score (nSPS) is 11.6. The van der Waals surface area contributed by atoms with Gasteiger partial charge in [0.15, 0.2) is 5.65 Å². The molecular formula is C12H8ClN5. The number of aromatic amines is 1. The number of aromatic nitrogens is 5. The van der Waals surface area contributed by atoms with Crippen molar-refractivity contribution in [1.29, 1.82) is 0 Å². The second-order valence-electron chi connectivity index (χ2n) is 4.06. The number of hydrogen-bond acceptors (Lipinski definition) is 2. The van der Waals surface area contributed by atoms with Gasteiger partial charge in [-0.25, -0.2) is 14.5 Å². The fourth-order valence-electron chi connectivity index (χ4n) is 2.02. The van der Waals surface area contributed by atoms with Gasteiger partial charge in [-0.1, -0.05) is 11.6 Å². The number of nitrogens with one attached hydrogen (secondary N) is 1. The molecule has 0 bridgehead atoms. The third kappa shape index (κ3) is 1.34. The van der Waals surface area contributed by atoms with Crippen LogP contribution < -0.4 is 0 Å². The fourth-order valence-corrected chi connectivity index (χ4v) is 2.19. The molecule has 0 aliphatic heterocycles. The van der Waals surface area contributed by atoms with E-state index in [0.29, 0.717) is 5.02 Å². The van der Waals surface area contributed by atoms with Crippen molar-refractivity contribution in [3.63, 3.8) is 0 Å². The second kappa shape index (κ2) is 3.36. The average Bonchev–Trinajstić information content (AvgIpc) is 2.99. The van der Waals surface area contributed by atoms with Crippen molar-refractivity contribution in [3.8, 4) is 11.4 Å². The van der Waals surface area contributed by atoms with Gasteiger partial charge in [0.2, 0.25) is 0 Å². The summed E-state index contributed by atoms with van der Waals surface area (Å²) in [6, 6.07) is 5.62. The van der Waals surface area contributed by atoms with Crippen LogP contribution in [-0.4, -0.2) is 24.0 Å². The Morgan fingerprint density at radius 1 is 0.944 bits per heavy atom. The van der Waals surface area contributed by atoms with Gasteiger partial charge < -0.3 is 9.50 Å². The first-order valence-electron chi connectivity index (χ1n) is 5.47. The van der Waals surface area contributed by atoms with E-state index < -0.39 is 0 Å². The molecule has 0 aliphatic carbocycles. The first kappa shape index (κ1) is 9.73. The van der Waals surface area contributed by atoms with Crippen LogP contribution in [0.2, 0.25) is 5.02 Å². The summed E-state index contributed by atoms with van der Waals surface area (Å²) in [5.41, 5.74) is 3.39. The van der Waals surface area contributed by atoms with E-state index in [1.165, 1.54) is 0 Å². The molecule has 0 spiro atoms. The maximum Gasteiger partial charge on any atom is 0.153 e. The average molecular weight is 258 g/mol. The smallest absolute Gasteiger partial charge is 0.153 e. The molecule has 0 fully saturated rings. The molecule has 0 aliphatic rings. The maximum atomic E-state index is 5.95. The summed E-state index contributed by atoms with van der Waals surface area (Å²) in [6.45, 7) is 0. The van der Waals surface area contributed by atoms with Crippen LogP contribution in [0.15, 0.2) is 43.0 Å². The molecule has 0 amide bonds. The molecule has 0 unspecified atom stereocenters. The van der Waals surface area contributed by atoms with E-state index in [1.807, 2.05) is 51.9 Å². The molecule has 4 heterocycles. The number of halogens is 1. The standard InChI is InChI=1S/C12H8ClN5/c13-8-1-2-11-15-9(6-17(11)5-8)10-7-18-12(16-10)3-4-14-18/h1-7,14H. The van der Waals surface area contributed by atoms with Crippen molar-refractivity contribution in [3.05, 3.63) is 48.0 Å². The number of pyridine rings is 1. The minimum atomic E-state index is 0.684. The molecule has 0 atom stereocenters. The first-order valence-corrected chi connectivity index (χ1v) is 5.84. The maximum absolute atomic E-state index is 5.95. The summed E-state index contributed by atoms with van der Waals surface area (Å²) in [5, 5.41) is 3.73. The predicted molar refractivity (Wildman–Crippen MR) is 68.7 cm³/mol. The van der Waals surface area contributed by atoms with Gasteiger partial charge in [0.25, 0.3) is 0 Å². The summed E-state index contributed by atoms with van der Waals surface area (Å²) >= 11 is 5.95. The molecule has 0 aromatic carbocycles. The molecule has 6 heteroatoms. The van der Waals surface area contributed by atoms with Crippen molar-refractivity contribution >= 4 is 22.9 Å². The molecule has 1 N–H and O–H groups in total. The van der Waals surface area contributed by atoms with E-state index in [1.54, 1.807) is 0 Å². The van der Waals surface area contributed by atoms with Crippen LogP contribution in [0.4, 0.5) is 0 Å². The van der Waals surface area contributed by atoms with Gasteiger partial charge >= 0.3 is 0 Å². The fraction of sp³-hybridized carbons (Fsp3) is 0. The second-order valence-corrected chi connectivity index (χ2v) is 4.49. The zero-order valence-corrected chi connectivity index (χ0v) is 9.96. The van der Waals surface area contributed by atoms with Gasteiger partial charge in [0.1, 0.15) is 17.0 Å². The molecule has 4 aromatic rings. The number of H-pyrrole nitrogens is 1. The number of nitrogens with zero attached hydrogens (tertiary/aromatic N) is 4. The van der Waals surface area contributed by atoms with E-state index in [0.717, 1.165) is 22.7 Å². The van der Waals surface area contributed by atoms with Gasteiger partial charge in [0, 0.05) is 24.7 Å². The lowest BCUT2D eigenvalue weighted by Gasteiger charge is -1.91. The highest BCUT2D eigenvalue weighted by Crippen LogP contribution is 2.20. The Hall–Kier alpha value is -2.27. The lowest BCUT2D eigenvalue weighted by Crippen LogP contribution is -1.79. The first-order chi connectivity index (χ1) is 8.79. The van der Waals surface area contributed by atoms with Crippen LogP contribution in [0.25, 0.3) is 22.7 Å². The molecule has 0 saturated heterocycles. The van der Waals surface area contributed by atoms with E-state index in [4.69, 9.17) is 11.6 Å². The number of hydrogen-bond donors (Lipinski definition) is 1. The Labute approximate surface area is 107 Å². The largest absolute Gasteiger partial charge is 0.305 e. The van der Waals surface area contributed by atoms with E-state index in [9.17, 15) is 0 Å². The molecule has 0 saturated carbocycles. The molecule has 18 heavy (non-hydrogen) atoms. The molecular weight excluding hydrogens is 250 g/mol. The Morgan fingerprint density at radius 2 is 1.78 bits per heavy atom. The van der Waals surface area contributed by atoms with Crippen molar-refractivity contribution in [2.45, 2.75) is 0 Å². The third-order valence-electron chi connectivity index (χ3n) is 2.86. The summed E-state index contributed by atoms with van der Waals surface area (Å²) in [5.74, 6) is 0. The Bertz CT molecular complexity index is 825. The van der Waals surface area contributed by atoms with E-state index in [2.05, 4.69) is 15.1 Å².